The highest BCUT2D eigenvalue weighted by atomic mass is 16.6. The van der Waals surface area contributed by atoms with Crippen LogP contribution in [0.15, 0.2) is 48.5 Å². The van der Waals surface area contributed by atoms with Crippen LogP contribution in [0.5, 0.6) is 0 Å². The van der Waals surface area contributed by atoms with E-state index < -0.39 is 18.1 Å². The predicted octanol–water partition coefficient (Wildman–Crippen LogP) is 4.90. The number of aliphatic carboxylic acids is 1. The zero-order valence-corrected chi connectivity index (χ0v) is 16.7. The van der Waals surface area contributed by atoms with Gasteiger partial charge in [0.1, 0.15) is 12.6 Å². The van der Waals surface area contributed by atoms with Crippen molar-refractivity contribution < 1.29 is 19.4 Å². The molecule has 5 nitrogen and oxygen atoms in total. The van der Waals surface area contributed by atoms with Crippen LogP contribution in [0.25, 0.3) is 11.1 Å². The van der Waals surface area contributed by atoms with Crippen LogP contribution in [-0.2, 0) is 9.53 Å². The van der Waals surface area contributed by atoms with Crippen molar-refractivity contribution in [3.05, 3.63) is 59.7 Å². The van der Waals surface area contributed by atoms with E-state index in [9.17, 15) is 14.7 Å². The molecule has 1 fully saturated rings. The van der Waals surface area contributed by atoms with Crippen LogP contribution in [0.1, 0.15) is 49.7 Å². The summed E-state index contributed by atoms with van der Waals surface area (Å²) < 4.78 is 5.71. The maximum atomic E-state index is 12.9. The number of carbonyl (C=O) groups excluding carboxylic acids is 1. The second-order valence-corrected chi connectivity index (χ2v) is 7.92. The molecule has 5 heteroatoms. The molecule has 0 spiro atoms. The van der Waals surface area contributed by atoms with E-state index in [1.54, 1.807) is 0 Å². The number of carboxylic acids is 1. The first kappa shape index (κ1) is 19.5. The molecule has 0 unspecified atom stereocenters. The minimum Gasteiger partial charge on any atom is -0.480 e. The van der Waals surface area contributed by atoms with E-state index >= 15 is 0 Å². The average Bonchev–Trinajstić information content (AvgIpc) is 3.36. The largest absolute Gasteiger partial charge is 0.480 e. The molecule has 4 rings (SSSR count). The van der Waals surface area contributed by atoms with Crippen molar-refractivity contribution in [2.75, 3.05) is 13.2 Å². The van der Waals surface area contributed by atoms with Crippen LogP contribution in [0.2, 0.25) is 0 Å². The summed E-state index contributed by atoms with van der Waals surface area (Å²) in [7, 11) is 0. The lowest BCUT2D eigenvalue weighted by atomic mass is 9.97. The Kier molecular flexibility index (Phi) is 5.56. The van der Waals surface area contributed by atoms with Crippen molar-refractivity contribution in [2.24, 2.45) is 5.92 Å². The Bertz CT molecular complexity index is 858. The van der Waals surface area contributed by atoms with Gasteiger partial charge in [0.25, 0.3) is 0 Å². The van der Waals surface area contributed by atoms with Gasteiger partial charge in [0.2, 0.25) is 0 Å². The van der Waals surface area contributed by atoms with Crippen molar-refractivity contribution in [3.8, 4) is 11.1 Å². The average molecular weight is 393 g/mol. The zero-order valence-electron chi connectivity index (χ0n) is 16.7. The molecular weight excluding hydrogens is 366 g/mol. The van der Waals surface area contributed by atoms with Crippen LogP contribution < -0.4 is 0 Å². The first-order valence-electron chi connectivity index (χ1n) is 10.5. The summed E-state index contributed by atoms with van der Waals surface area (Å²) in [5, 5.41) is 9.77. The Morgan fingerprint density at radius 1 is 1.03 bits per heavy atom. The quantitative estimate of drug-likeness (QED) is 0.758. The number of benzene rings is 2. The van der Waals surface area contributed by atoms with Crippen LogP contribution >= 0.6 is 0 Å². The lowest BCUT2D eigenvalue weighted by Crippen LogP contribution is -2.49. The minimum atomic E-state index is -0.938. The molecule has 0 radical (unpaired) electrons. The minimum absolute atomic E-state index is 0.00734. The maximum absolute atomic E-state index is 12.9. The highest BCUT2D eigenvalue weighted by molar-refractivity contribution is 5.81. The first-order chi connectivity index (χ1) is 14.1. The molecule has 1 amide bonds. The number of fused-ring (bicyclic) bond motifs is 3. The highest BCUT2D eigenvalue weighted by Crippen LogP contribution is 2.44. The summed E-state index contributed by atoms with van der Waals surface area (Å²) in [6.45, 7) is 2.34. The summed E-state index contributed by atoms with van der Waals surface area (Å²) in [4.78, 5) is 26.2. The predicted molar refractivity (Wildman–Crippen MR) is 111 cm³/mol. The summed E-state index contributed by atoms with van der Waals surface area (Å²) >= 11 is 0. The topological polar surface area (TPSA) is 66.8 Å². The van der Waals surface area contributed by atoms with Gasteiger partial charge in [0.05, 0.1) is 0 Å². The van der Waals surface area contributed by atoms with Gasteiger partial charge < -0.3 is 9.84 Å². The Hall–Kier alpha value is -2.82. The van der Waals surface area contributed by atoms with E-state index in [4.69, 9.17) is 4.74 Å². The number of carbonyl (C=O) groups is 2. The van der Waals surface area contributed by atoms with Crippen LogP contribution in [0, 0.1) is 5.92 Å². The molecule has 29 heavy (non-hydrogen) atoms. The van der Waals surface area contributed by atoms with Crippen molar-refractivity contribution in [1.82, 2.24) is 4.90 Å². The van der Waals surface area contributed by atoms with Crippen molar-refractivity contribution in [2.45, 2.75) is 44.6 Å². The maximum Gasteiger partial charge on any atom is 0.410 e. The third-order valence-corrected chi connectivity index (χ3v) is 6.35. The second kappa shape index (κ2) is 8.27. The van der Waals surface area contributed by atoms with E-state index in [2.05, 4.69) is 24.3 Å². The first-order valence-corrected chi connectivity index (χ1v) is 10.5. The normalized spacial score (nSPS) is 16.9. The zero-order chi connectivity index (χ0) is 20.4. The summed E-state index contributed by atoms with van der Waals surface area (Å²) in [6.07, 6.45) is 3.22. The fourth-order valence-corrected chi connectivity index (χ4v) is 4.98. The summed E-state index contributed by atoms with van der Waals surface area (Å²) in [5.74, 6) is -0.958. The standard InChI is InChI=1S/C24H27NO4/c1-2-25(22(23(26)27)16-9-3-4-10-16)24(28)29-15-21-19-13-7-5-11-17(19)18-12-6-8-14-20(18)21/h5-8,11-14,16,21-22H,2-4,9-10,15H2,1H3,(H,26,27)/t22-/m0/s1. The number of hydrogen-bond acceptors (Lipinski definition) is 3. The third kappa shape index (κ3) is 3.61. The fraction of sp³-hybridized carbons (Fsp3) is 0.417. The molecule has 2 aliphatic rings. The number of ether oxygens (including phenoxy) is 1. The highest BCUT2D eigenvalue weighted by Gasteiger charge is 2.38. The van der Waals surface area contributed by atoms with Gasteiger partial charge in [-0.15, -0.1) is 0 Å². The van der Waals surface area contributed by atoms with Gasteiger partial charge in [-0.2, -0.15) is 0 Å². The second-order valence-electron chi connectivity index (χ2n) is 7.92. The van der Waals surface area contributed by atoms with Gasteiger partial charge in [-0.1, -0.05) is 61.4 Å². The molecule has 0 saturated heterocycles. The number of rotatable bonds is 6. The molecule has 152 valence electrons. The Morgan fingerprint density at radius 3 is 2.10 bits per heavy atom. The van der Waals surface area contributed by atoms with Gasteiger partial charge in [0, 0.05) is 12.5 Å². The Morgan fingerprint density at radius 2 is 1.59 bits per heavy atom. The molecule has 0 aromatic heterocycles. The Balaban J connectivity index is 1.52. The van der Waals surface area contributed by atoms with E-state index in [0.717, 1.165) is 36.8 Å². The van der Waals surface area contributed by atoms with E-state index in [0.29, 0.717) is 6.54 Å². The lowest BCUT2D eigenvalue weighted by molar-refractivity contribution is -0.144. The molecule has 1 saturated carbocycles. The van der Waals surface area contributed by atoms with Crippen LogP contribution in [-0.4, -0.2) is 41.3 Å². The van der Waals surface area contributed by atoms with Gasteiger partial charge in [0.15, 0.2) is 0 Å². The fourth-order valence-electron chi connectivity index (χ4n) is 4.98. The summed E-state index contributed by atoms with van der Waals surface area (Å²) in [6, 6.07) is 15.6. The molecule has 1 atom stereocenters. The lowest BCUT2D eigenvalue weighted by Gasteiger charge is -2.31. The van der Waals surface area contributed by atoms with Crippen molar-refractivity contribution in [3.63, 3.8) is 0 Å². The van der Waals surface area contributed by atoms with Gasteiger partial charge >= 0.3 is 12.1 Å². The number of nitrogens with zero attached hydrogens (tertiary/aromatic N) is 1. The van der Waals surface area contributed by atoms with E-state index in [1.165, 1.54) is 16.0 Å². The number of carboxylic acid groups (broad SMARTS) is 1. The number of amides is 1. The molecular formula is C24H27NO4. The number of hydrogen-bond donors (Lipinski definition) is 1. The third-order valence-electron chi connectivity index (χ3n) is 6.35. The van der Waals surface area contributed by atoms with Gasteiger partial charge in [-0.05, 0) is 47.9 Å². The molecule has 2 aromatic carbocycles. The van der Waals surface area contributed by atoms with Crippen molar-refractivity contribution in [1.29, 1.82) is 0 Å². The molecule has 2 aromatic rings. The molecule has 0 heterocycles. The molecule has 0 bridgehead atoms. The molecule has 0 aliphatic heterocycles. The molecule has 1 N–H and O–H groups in total. The van der Waals surface area contributed by atoms with Crippen molar-refractivity contribution >= 4 is 12.1 Å². The van der Waals surface area contributed by atoms with Gasteiger partial charge in [-0.25, -0.2) is 9.59 Å². The van der Waals surface area contributed by atoms with Gasteiger partial charge in [-0.3, -0.25) is 4.90 Å². The number of likely N-dealkylation sites (N-methyl/N-ethyl adjacent to an activating group) is 1. The SMILES string of the molecule is CCN(C(=O)OCC1c2ccccc2-c2ccccc21)[C@H](C(=O)O)C1CCCC1. The van der Waals surface area contributed by atoms with E-state index in [1.807, 2.05) is 31.2 Å². The monoisotopic (exact) mass is 393 g/mol. The van der Waals surface area contributed by atoms with Crippen LogP contribution in [0.4, 0.5) is 4.79 Å². The summed E-state index contributed by atoms with van der Waals surface area (Å²) in [5.41, 5.74) is 4.64. The van der Waals surface area contributed by atoms with E-state index in [-0.39, 0.29) is 18.4 Å². The van der Waals surface area contributed by atoms with Crippen LogP contribution in [0.3, 0.4) is 0 Å². The smallest absolute Gasteiger partial charge is 0.410 e. The molecule has 2 aliphatic carbocycles. The Labute approximate surface area is 171 Å².